The first kappa shape index (κ1) is 22.2. The molecule has 9 heteroatoms. The third-order valence-corrected chi connectivity index (χ3v) is 4.92. The van der Waals surface area contributed by atoms with Crippen molar-refractivity contribution in [2.24, 2.45) is 5.16 Å². The number of nitrogens with zero attached hydrogens (tertiary/aromatic N) is 2. The summed E-state index contributed by atoms with van der Waals surface area (Å²) < 4.78 is 11.8. The summed E-state index contributed by atoms with van der Waals surface area (Å²) in [6.07, 6.45) is 4.32. The van der Waals surface area contributed by atoms with Gasteiger partial charge in [0.2, 0.25) is 0 Å². The van der Waals surface area contributed by atoms with E-state index in [4.69, 9.17) is 37.5 Å². The van der Waals surface area contributed by atoms with Crippen molar-refractivity contribution in [3.63, 3.8) is 0 Å². The van der Waals surface area contributed by atoms with E-state index in [1.54, 1.807) is 18.2 Å². The van der Waals surface area contributed by atoms with Gasteiger partial charge in [-0.05, 0) is 38.5 Å². The second-order valence-corrected chi connectivity index (χ2v) is 8.09. The molecule has 0 aliphatic carbocycles. The van der Waals surface area contributed by atoms with Gasteiger partial charge < -0.3 is 19.6 Å². The van der Waals surface area contributed by atoms with Gasteiger partial charge >= 0.3 is 0 Å². The highest BCUT2D eigenvalue weighted by Crippen LogP contribution is 2.33. The first-order chi connectivity index (χ1) is 14.3. The van der Waals surface area contributed by atoms with Crippen molar-refractivity contribution in [3.05, 3.63) is 46.2 Å². The van der Waals surface area contributed by atoms with Crippen LogP contribution >= 0.6 is 23.2 Å². The fraction of sp³-hybridized carbons (Fsp3) is 0.381. The quantitative estimate of drug-likeness (QED) is 0.583. The number of halogens is 2. The number of carbonyl (C=O) groups excluding carboxylic acids is 1. The van der Waals surface area contributed by atoms with Crippen LogP contribution in [0.25, 0.3) is 0 Å². The molecule has 0 bridgehead atoms. The number of carbonyl (C=O) groups is 1. The molecule has 1 aromatic heterocycles. The van der Waals surface area contributed by atoms with E-state index in [-0.39, 0.29) is 22.6 Å². The van der Waals surface area contributed by atoms with Crippen LogP contribution in [0.3, 0.4) is 0 Å². The van der Waals surface area contributed by atoms with E-state index >= 15 is 0 Å². The number of benzene rings is 1. The Kier molecular flexibility index (Phi) is 7.05. The Morgan fingerprint density at radius 2 is 1.97 bits per heavy atom. The molecule has 7 nitrogen and oxygen atoms in total. The van der Waals surface area contributed by atoms with E-state index in [1.165, 1.54) is 12.4 Å². The first-order valence-electron chi connectivity index (χ1n) is 9.53. The summed E-state index contributed by atoms with van der Waals surface area (Å²) in [5.41, 5.74) is 1.000. The monoisotopic (exact) mass is 451 g/mol. The lowest BCUT2D eigenvalue weighted by Gasteiger charge is -2.22. The average Bonchev–Trinajstić information content (AvgIpc) is 3.06. The van der Waals surface area contributed by atoms with Gasteiger partial charge in [-0.25, -0.2) is 0 Å². The molecule has 0 fully saturated rings. The summed E-state index contributed by atoms with van der Waals surface area (Å²) in [6, 6.07) is 4.97. The van der Waals surface area contributed by atoms with Gasteiger partial charge in [-0.2, -0.15) is 0 Å². The Morgan fingerprint density at radius 3 is 2.60 bits per heavy atom. The van der Waals surface area contributed by atoms with Crippen molar-refractivity contribution >= 4 is 40.5 Å². The molecule has 1 aromatic carbocycles. The van der Waals surface area contributed by atoms with E-state index in [9.17, 15) is 4.79 Å². The number of anilines is 1. The summed E-state index contributed by atoms with van der Waals surface area (Å²) in [5, 5.41) is 7.20. The van der Waals surface area contributed by atoms with Crippen LogP contribution in [-0.4, -0.2) is 35.4 Å². The molecule has 3 rings (SSSR count). The molecule has 1 aliphatic rings. The van der Waals surface area contributed by atoms with Crippen LogP contribution in [0.2, 0.25) is 10.0 Å². The van der Waals surface area contributed by atoms with E-state index in [2.05, 4.69) is 15.5 Å². The summed E-state index contributed by atoms with van der Waals surface area (Å²) in [7, 11) is 0. The van der Waals surface area contributed by atoms with Gasteiger partial charge in [0.15, 0.2) is 17.1 Å². The fourth-order valence-electron chi connectivity index (χ4n) is 2.91. The molecule has 2 aromatic rings. The first-order valence-corrected chi connectivity index (χ1v) is 10.3. The van der Waals surface area contributed by atoms with Gasteiger partial charge in [-0.15, -0.1) is 0 Å². The molecule has 0 saturated carbocycles. The zero-order valence-corrected chi connectivity index (χ0v) is 18.5. The molecular weight excluding hydrogens is 429 g/mol. The number of rotatable bonds is 8. The van der Waals surface area contributed by atoms with Crippen LogP contribution in [0.1, 0.15) is 44.0 Å². The van der Waals surface area contributed by atoms with Crippen molar-refractivity contribution in [2.75, 3.05) is 18.5 Å². The molecule has 1 N–H and O–H groups in total. The minimum Gasteiger partial charge on any atom is -0.490 e. The molecule has 1 aliphatic heterocycles. The standard InChI is InChI=1S/C21H23Cl2N3O4/c1-4-7-28-17-6-5-14(20(27)25-19-15(22)10-24-11-16(19)23)8-18(17)29-12-21(3)9-13(2)26-30-21/h5-6,8,10-11H,4,7,9,12H2,1-3H3,(H,24,25,27). The Balaban J connectivity index is 1.80. The van der Waals surface area contributed by atoms with Crippen LogP contribution < -0.4 is 14.8 Å². The van der Waals surface area contributed by atoms with Crippen molar-refractivity contribution in [1.82, 2.24) is 4.98 Å². The second kappa shape index (κ2) is 9.53. The Hall–Kier alpha value is -2.51. The Morgan fingerprint density at radius 1 is 1.23 bits per heavy atom. The topological polar surface area (TPSA) is 82.0 Å². The lowest BCUT2D eigenvalue weighted by atomic mass is 10.0. The maximum Gasteiger partial charge on any atom is 0.255 e. The van der Waals surface area contributed by atoms with Gasteiger partial charge in [0, 0.05) is 24.4 Å². The molecule has 0 radical (unpaired) electrons. The SMILES string of the molecule is CCCOc1ccc(C(=O)Nc2c(Cl)cncc2Cl)cc1OCC1(C)CC(C)=NO1. The van der Waals surface area contributed by atoms with Gasteiger partial charge in [0.25, 0.3) is 5.91 Å². The van der Waals surface area contributed by atoms with E-state index in [0.717, 1.165) is 12.1 Å². The molecular formula is C21H23Cl2N3O4. The van der Waals surface area contributed by atoms with Crippen molar-refractivity contribution < 1.29 is 19.1 Å². The smallest absolute Gasteiger partial charge is 0.255 e. The number of hydrogen-bond donors (Lipinski definition) is 1. The van der Waals surface area contributed by atoms with Crippen LogP contribution in [-0.2, 0) is 4.84 Å². The zero-order chi connectivity index (χ0) is 21.7. The van der Waals surface area contributed by atoms with Gasteiger partial charge in [-0.1, -0.05) is 35.3 Å². The maximum atomic E-state index is 12.8. The summed E-state index contributed by atoms with van der Waals surface area (Å²) in [4.78, 5) is 22.1. The number of aromatic nitrogens is 1. The predicted octanol–water partition coefficient (Wildman–Crippen LogP) is 5.36. The summed E-state index contributed by atoms with van der Waals surface area (Å²) in [5.74, 6) is 0.601. The number of ether oxygens (including phenoxy) is 2. The molecule has 0 spiro atoms. The molecule has 0 saturated heterocycles. The lowest BCUT2D eigenvalue weighted by Crippen LogP contribution is -2.32. The molecule has 160 valence electrons. The van der Waals surface area contributed by atoms with Gasteiger partial charge in [0.05, 0.1) is 28.1 Å². The summed E-state index contributed by atoms with van der Waals surface area (Å²) >= 11 is 12.2. The predicted molar refractivity (Wildman–Crippen MR) is 117 cm³/mol. The number of nitrogens with one attached hydrogen (secondary N) is 1. The van der Waals surface area contributed by atoms with E-state index < -0.39 is 5.60 Å². The highest BCUT2D eigenvalue weighted by atomic mass is 35.5. The highest BCUT2D eigenvalue weighted by molar-refractivity contribution is 6.39. The number of oxime groups is 1. The third-order valence-electron chi connectivity index (χ3n) is 4.34. The Labute approximate surface area is 185 Å². The fourth-order valence-corrected chi connectivity index (χ4v) is 3.37. The molecule has 1 amide bonds. The normalized spacial score (nSPS) is 17.8. The number of hydrogen-bond acceptors (Lipinski definition) is 6. The lowest BCUT2D eigenvalue weighted by molar-refractivity contribution is -0.0362. The number of pyridine rings is 1. The van der Waals surface area contributed by atoms with Gasteiger partial charge in [-0.3, -0.25) is 9.78 Å². The average molecular weight is 452 g/mol. The van der Waals surface area contributed by atoms with Crippen LogP contribution in [0.15, 0.2) is 35.7 Å². The minimum atomic E-state index is -0.567. The third kappa shape index (κ3) is 5.34. The van der Waals surface area contributed by atoms with Crippen LogP contribution in [0.4, 0.5) is 5.69 Å². The van der Waals surface area contributed by atoms with Crippen LogP contribution in [0.5, 0.6) is 11.5 Å². The molecule has 1 unspecified atom stereocenters. The largest absolute Gasteiger partial charge is 0.490 e. The zero-order valence-electron chi connectivity index (χ0n) is 17.0. The van der Waals surface area contributed by atoms with Crippen LogP contribution in [0, 0.1) is 0 Å². The highest BCUT2D eigenvalue weighted by Gasteiger charge is 2.34. The maximum absolute atomic E-state index is 12.8. The van der Waals surface area contributed by atoms with Crippen molar-refractivity contribution in [3.8, 4) is 11.5 Å². The minimum absolute atomic E-state index is 0.247. The van der Waals surface area contributed by atoms with Gasteiger partial charge in [0.1, 0.15) is 6.61 Å². The number of amides is 1. The van der Waals surface area contributed by atoms with E-state index in [0.29, 0.717) is 35.8 Å². The van der Waals surface area contributed by atoms with E-state index in [1.807, 2.05) is 20.8 Å². The molecule has 2 heterocycles. The van der Waals surface area contributed by atoms with Crippen molar-refractivity contribution in [2.45, 2.75) is 39.2 Å². The van der Waals surface area contributed by atoms with Crippen molar-refractivity contribution in [1.29, 1.82) is 0 Å². The molecule has 1 atom stereocenters. The Bertz CT molecular complexity index is 947. The summed E-state index contributed by atoms with van der Waals surface area (Å²) in [6.45, 7) is 6.62. The second-order valence-electron chi connectivity index (χ2n) is 7.28. The molecule has 30 heavy (non-hydrogen) atoms.